The summed E-state index contributed by atoms with van der Waals surface area (Å²) in [5.41, 5.74) is 2.96. The number of H-pyrrole nitrogens is 1. The van der Waals surface area contributed by atoms with Crippen LogP contribution in [-0.2, 0) is 24.3 Å². The zero-order chi connectivity index (χ0) is 24.0. The zero-order valence-electron chi connectivity index (χ0n) is 20.2. The lowest BCUT2D eigenvalue weighted by Crippen LogP contribution is -2.31. The van der Waals surface area contributed by atoms with E-state index in [1.807, 2.05) is 36.6 Å². The standard InChI is InChI=1S/C25H35N5O3/c1-5-7-9-16-29-20(13-14-21(31)26-19-12-10-11-17(3)18(19)4)27-23-22(29)24(32)28-25(33)30(23)15-8-6-2/h10-12H,5-9,13-16H2,1-4H3,(H,26,31)(H,28,32,33). The molecule has 1 aromatic carbocycles. The Kier molecular flexibility index (Phi) is 8.25. The molecule has 0 aliphatic heterocycles. The van der Waals surface area contributed by atoms with Gasteiger partial charge in [0.15, 0.2) is 11.2 Å². The molecule has 8 heteroatoms. The molecule has 3 rings (SSSR count). The molecule has 0 spiro atoms. The number of hydrogen-bond donors (Lipinski definition) is 2. The van der Waals surface area contributed by atoms with Gasteiger partial charge >= 0.3 is 5.69 Å². The van der Waals surface area contributed by atoms with Gasteiger partial charge in [-0.15, -0.1) is 0 Å². The number of benzene rings is 1. The Labute approximate surface area is 194 Å². The summed E-state index contributed by atoms with van der Waals surface area (Å²) in [6.07, 6.45) is 5.35. The minimum atomic E-state index is -0.432. The second-order valence-electron chi connectivity index (χ2n) is 8.62. The molecule has 8 nitrogen and oxygen atoms in total. The number of nitrogens with one attached hydrogen (secondary N) is 2. The van der Waals surface area contributed by atoms with Gasteiger partial charge in [0.1, 0.15) is 5.82 Å². The van der Waals surface area contributed by atoms with Crippen molar-refractivity contribution in [3.8, 4) is 0 Å². The summed E-state index contributed by atoms with van der Waals surface area (Å²) >= 11 is 0. The molecule has 2 N–H and O–H groups in total. The first-order valence-corrected chi connectivity index (χ1v) is 12.0. The number of amides is 1. The van der Waals surface area contributed by atoms with Gasteiger partial charge in [0, 0.05) is 31.6 Å². The number of aromatic amines is 1. The lowest BCUT2D eigenvalue weighted by atomic mass is 10.1. The van der Waals surface area contributed by atoms with Crippen LogP contribution in [0.15, 0.2) is 27.8 Å². The van der Waals surface area contributed by atoms with Crippen molar-refractivity contribution in [3.63, 3.8) is 0 Å². The molecule has 0 aliphatic carbocycles. The maximum atomic E-state index is 12.7. The molecule has 0 unspecified atom stereocenters. The predicted octanol–water partition coefficient (Wildman–Crippen LogP) is 4.06. The van der Waals surface area contributed by atoms with Gasteiger partial charge in [-0.25, -0.2) is 9.78 Å². The number of aromatic nitrogens is 4. The molecule has 1 amide bonds. The fourth-order valence-electron chi connectivity index (χ4n) is 4.02. The third kappa shape index (κ3) is 5.61. The number of carbonyl (C=O) groups is 1. The van der Waals surface area contributed by atoms with E-state index < -0.39 is 11.2 Å². The maximum absolute atomic E-state index is 12.7. The third-order valence-electron chi connectivity index (χ3n) is 6.14. The van der Waals surface area contributed by atoms with E-state index in [9.17, 15) is 14.4 Å². The van der Waals surface area contributed by atoms with Gasteiger partial charge < -0.3 is 9.88 Å². The van der Waals surface area contributed by atoms with Gasteiger partial charge in [-0.05, 0) is 43.9 Å². The summed E-state index contributed by atoms with van der Waals surface area (Å²) < 4.78 is 3.45. The van der Waals surface area contributed by atoms with E-state index in [1.165, 1.54) is 0 Å². The van der Waals surface area contributed by atoms with Crippen molar-refractivity contribution in [2.24, 2.45) is 0 Å². The summed E-state index contributed by atoms with van der Waals surface area (Å²) in [5, 5.41) is 2.99. The molecule has 0 saturated heterocycles. The lowest BCUT2D eigenvalue weighted by Gasteiger charge is -2.11. The Morgan fingerprint density at radius 2 is 1.76 bits per heavy atom. The Hall–Kier alpha value is -3.16. The normalized spacial score (nSPS) is 11.3. The molecule has 33 heavy (non-hydrogen) atoms. The Bertz CT molecular complexity index is 1240. The molecule has 2 aromatic heterocycles. The number of aryl methyl sites for hydroxylation is 4. The minimum absolute atomic E-state index is 0.104. The smallest absolute Gasteiger partial charge is 0.326 e. The maximum Gasteiger partial charge on any atom is 0.330 e. The number of anilines is 1. The topological polar surface area (TPSA) is 102 Å². The Morgan fingerprint density at radius 3 is 2.48 bits per heavy atom. The highest BCUT2D eigenvalue weighted by Crippen LogP contribution is 2.19. The van der Waals surface area contributed by atoms with E-state index >= 15 is 0 Å². The van der Waals surface area contributed by atoms with Crippen LogP contribution in [0.3, 0.4) is 0 Å². The lowest BCUT2D eigenvalue weighted by molar-refractivity contribution is -0.116. The number of unbranched alkanes of at least 4 members (excludes halogenated alkanes) is 3. The number of hydrogen-bond acceptors (Lipinski definition) is 4. The predicted molar refractivity (Wildman–Crippen MR) is 132 cm³/mol. The largest absolute Gasteiger partial charge is 0.330 e. The van der Waals surface area contributed by atoms with E-state index in [2.05, 4.69) is 24.1 Å². The van der Waals surface area contributed by atoms with Crippen LogP contribution in [0.2, 0.25) is 0 Å². The molecular formula is C25H35N5O3. The molecule has 0 radical (unpaired) electrons. The van der Waals surface area contributed by atoms with Gasteiger partial charge in [0.2, 0.25) is 5.91 Å². The van der Waals surface area contributed by atoms with Gasteiger partial charge in [-0.3, -0.25) is 19.1 Å². The van der Waals surface area contributed by atoms with E-state index in [0.29, 0.717) is 36.5 Å². The first-order valence-electron chi connectivity index (χ1n) is 12.0. The summed E-state index contributed by atoms with van der Waals surface area (Å²) in [5.74, 6) is 0.562. The number of rotatable bonds is 11. The third-order valence-corrected chi connectivity index (χ3v) is 6.14. The van der Waals surface area contributed by atoms with Crippen molar-refractivity contribution in [2.75, 3.05) is 5.32 Å². The average molecular weight is 454 g/mol. The van der Waals surface area contributed by atoms with E-state index in [1.54, 1.807) is 4.57 Å². The van der Waals surface area contributed by atoms with Crippen molar-refractivity contribution in [3.05, 3.63) is 56.0 Å². The summed E-state index contributed by atoms with van der Waals surface area (Å²) in [7, 11) is 0. The first kappa shape index (κ1) is 24.5. The molecule has 0 aliphatic rings. The van der Waals surface area contributed by atoms with Crippen LogP contribution in [0.5, 0.6) is 0 Å². The van der Waals surface area contributed by atoms with Crippen molar-refractivity contribution in [2.45, 2.75) is 85.7 Å². The fraction of sp³-hybridized carbons (Fsp3) is 0.520. The van der Waals surface area contributed by atoms with Gasteiger partial charge in [0.25, 0.3) is 5.56 Å². The van der Waals surface area contributed by atoms with E-state index in [0.717, 1.165) is 48.9 Å². The Morgan fingerprint density at radius 1 is 1.03 bits per heavy atom. The molecule has 0 fully saturated rings. The van der Waals surface area contributed by atoms with Crippen molar-refractivity contribution >= 4 is 22.8 Å². The van der Waals surface area contributed by atoms with Gasteiger partial charge in [0.05, 0.1) is 0 Å². The molecule has 178 valence electrons. The van der Waals surface area contributed by atoms with Crippen LogP contribution in [0, 0.1) is 13.8 Å². The summed E-state index contributed by atoms with van der Waals surface area (Å²) in [6.45, 7) is 9.31. The molecule has 0 saturated carbocycles. The monoisotopic (exact) mass is 453 g/mol. The highest BCUT2D eigenvalue weighted by atomic mass is 16.2. The van der Waals surface area contributed by atoms with Crippen LogP contribution in [0.25, 0.3) is 11.2 Å². The molecule has 3 aromatic rings. The highest BCUT2D eigenvalue weighted by molar-refractivity contribution is 5.91. The van der Waals surface area contributed by atoms with Gasteiger partial charge in [-0.1, -0.05) is 45.2 Å². The quantitative estimate of drug-likeness (QED) is 0.427. The fourth-order valence-corrected chi connectivity index (χ4v) is 4.02. The van der Waals surface area contributed by atoms with E-state index in [-0.39, 0.29) is 12.3 Å². The van der Waals surface area contributed by atoms with Crippen LogP contribution in [0.1, 0.15) is 69.3 Å². The second-order valence-corrected chi connectivity index (χ2v) is 8.62. The van der Waals surface area contributed by atoms with E-state index in [4.69, 9.17) is 4.98 Å². The minimum Gasteiger partial charge on any atom is -0.326 e. The molecule has 2 heterocycles. The Balaban J connectivity index is 1.91. The highest BCUT2D eigenvalue weighted by Gasteiger charge is 2.19. The van der Waals surface area contributed by atoms with Gasteiger partial charge in [-0.2, -0.15) is 0 Å². The van der Waals surface area contributed by atoms with Crippen LogP contribution < -0.4 is 16.6 Å². The first-order chi connectivity index (χ1) is 15.9. The number of carbonyl (C=O) groups excluding carboxylic acids is 1. The number of imidazole rings is 1. The summed E-state index contributed by atoms with van der Waals surface area (Å²) in [6, 6.07) is 5.83. The number of nitrogens with zero attached hydrogens (tertiary/aromatic N) is 3. The van der Waals surface area contributed by atoms with Crippen molar-refractivity contribution < 1.29 is 4.79 Å². The van der Waals surface area contributed by atoms with Crippen LogP contribution in [-0.4, -0.2) is 25.0 Å². The SMILES string of the molecule is CCCCCn1c(CCC(=O)Nc2cccc(C)c2C)nc2c1c(=O)[nH]c(=O)n2CCCC. The average Bonchev–Trinajstić information content (AvgIpc) is 3.14. The zero-order valence-corrected chi connectivity index (χ0v) is 20.2. The van der Waals surface area contributed by atoms with Crippen LogP contribution in [0.4, 0.5) is 5.69 Å². The van der Waals surface area contributed by atoms with Crippen molar-refractivity contribution in [1.82, 2.24) is 19.1 Å². The summed E-state index contributed by atoms with van der Waals surface area (Å²) in [4.78, 5) is 45.0. The molecule has 0 atom stereocenters. The number of fused-ring (bicyclic) bond motifs is 1. The van der Waals surface area contributed by atoms with Crippen LogP contribution >= 0.6 is 0 Å². The van der Waals surface area contributed by atoms with Crippen molar-refractivity contribution in [1.29, 1.82) is 0 Å². The second kappa shape index (κ2) is 11.1. The molecular weight excluding hydrogens is 418 g/mol. The molecule has 0 bridgehead atoms.